The van der Waals surface area contributed by atoms with E-state index in [0.717, 1.165) is 13.8 Å². The zero-order valence-corrected chi connectivity index (χ0v) is 12.0. The van der Waals surface area contributed by atoms with E-state index in [1.165, 1.54) is 0 Å². The molecule has 0 aromatic heterocycles. The Balaban J connectivity index is -0.0000000833. The van der Waals surface area contributed by atoms with Crippen molar-refractivity contribution in [3.8, 4) is 0 Å². The Kier molecular flexibility index (Phi) is 13.3. The molecule has 5 nitrogen and oxygen atoms in total. The zero-order chi connectivity index (χ0) is 9.02. The first-order valence-corrected chi connectivity index (χ1v) is 2.72. The summed E-state index contributed by atoms with van der Waals surface area (Å²) in [6.45, 7) is 1.88. The van der Waals surface area contributed by atoms with Crippen LogP contribution in [0.4, 0.5) is 0 Å². The van der Waals surface area contributed by atoms with Crippen LogP contribution < -0.4 is 59.1 Å². The summed E-state index contributed by atoms with van der Waals surface area (Å²) in [6, 6.07) is 0. The van der Waals surface area contributed by atoms with Crippen LogP contribution in [0.1, 0.15) is 16.7 Å². The predicted octanol–water partition coefficient (Wildman–Crippen LogP) is -6.53. The van der Waals surface area contributed by atoms with E-state index in [4.69, 9.17) is 0 Å². The Hall–Kier alpha value is 0.480. The van der Waals surface area contributed by atoms with Gasteiger partial charge in [0.2, 0.25) is 11.6 Å². The maximum absolute atomic E-state index is 10.3. The van der Waals surface area contributed by atoms with E-state index in [-0.39, 0.29) is 62.0 Å². The third-order valence-electron chi connectivity index (χ3n) is 0.760. The molecule has 0 N–H and O–H groups in total. The van der Waals surface area contributed by atoms with E-state index < -0.39 is 23.5 Å². The molecule has 0 radical (unpaired) electrons. The van der Waals surface area contributed by atoms with Crippen molar-refractivity contribution in [3.63, 3.8) is 0 Å². The van der Waals surface area contributed by atoms with Crippen molar-refractivity contribution in [2.45, 2.75) is 13.8 Å². The molecule has 0 unspecified atom stereocenters. The number of carbonyl (C=O) groups is 4. The van der Waals surface area contributed by atoms with E-state index in [9.17, 15) is 19.2 Å². The number of ketones is 2. The quantitative estimate of drug-likeness (QED) is 0.194. The van der Waals surface area contributed by atoms with Gasteiger partial charge in [-0.2, -0.15) is 0 Å². The second kappa shape index (κ2) is 9.05. The summed E-state index contributed by atoms with van der Waals surface area (Å²) in [6.07, 6.45) is 0. The number of ether oxygens (including phenoxy) is 1. The van der Waals surface area contributed by atoms with Crippen LogP contribution in [0.15, 0.2) is 0 Å². The minimum Gasteiger partial charge on any atom is -1.00 e. The Labute approximate surface area is 122 Å². The fourth-order valence-electron chi connectivity index (χ4n) is 0.228. The molecule has 0 heterocycles. The van der Waals surface area contributed by atoms with Crippen LogP contribution in [-0.2, 0) is 23.9 Å². The van der Waals surface area contributed by atoms with Crippen LogP contribution in [0, 0.1) is 0 Å². The Morgan fingerprint density at radius 1 is 0.846 bits per heavy atom. The van der Waals surface area contributed by atoms with Crippen LogP contribution in [0.2, 0.25) is 0 Å². The number of rotatable bonds is 2. The Morgan fingerprint density at radius 2 is 1.08 bits per heavy atom. The molecular formula is C6H8Na2O5. The van der Waals surface area contributed by atoms with Gasteiger partial charge in [-0.15, -0.1) is 0 Å². The van der Waals surface area contributed by atoms with Crippen LogP contribution in [0.5, 0.6) is 0 Å². The number of Topliss-reactive ketones (excluding diaryl/α,β-unsaturated/α-hetero) is 2. The second-order valence-corrected chi connectivity index (χ2v) is 1.79. The Bertz CT molecular complexity index is 220. The smallest absolute Gasteiger partial charge is 1.00 e. The van der Waals surface area contributed by atoms with E-state index >= 15 is 0 Å². The SMILES string of the molecule is CC(=O)C(=O)OC(=O)C(C)=O.[H-].[H-].[Na+].[Na+]. The Morgan fingerprint density at radius 3 is 1.23 bits per heavy atom. The molecule has 0 aromatic rings. The van der Waals surface area contributed by atoms with E-state index in [2.05, 4.69) is 4.74 Å². The van der Waals surface area contributed by atoms with Gasteiger partial charge in [-0.25, -0.2) is 9.59 Å². The fourth-order valence-corrected chi connectivity index (χ4v) is 0.228. The summed E-state index contributed by atoms with van der Waals surface area (Å²) in [5, 5.41) is 0. The maximum Gasteiger partial charge on any atom is 1.00 e. The molecule has 0 fully saturated rings. The molecule has 0 aliphatic rings. The second-order valence-electron chi connectivity index (χ2n) is 1.79. The van der Waals surface area contributed by atoms with Gasteiger partial charge in [0.1, 0.15) is 0 Å². The van der Waals surface area contributed by atoms with Gasteiger partial charge in [0.25, 0.3) is 0 Å². The van der Waals surface area contributed by atoms with Crippen molar-refractivity contribution in [2.75, 3.05) is 0 Å². The molecule has 0 aliphatic carbocycles. The van der Waals surface area contributed by atoms with Crippen LogP contribution in [-0.4, -0.2) is 23.5 Å². The third-order valence-corrected chi connectivity index (χ3v) is 0.760. The first kappa shape index (κ1) is 19.1. The molecule has 0 rings (SSSR count). The minimum absolute atomic E-state index is 0. The summed E-state index contributed by atoms with van der Waals surface area (Å²) >= 11 is 0. The number of esters is 2. The monoisotopic (exact) mass is 206 g/mol. The molecule has 13 heavy (non-hydrogen) atoms. The summed E-state index contributed by atoms with van der Waals surface area (Å²) < 4.78 is 3.80. The zero-order valence-electron chi connectivity index (χ0n) is 10.0. The van der Waals surface area contributed by atoms with E-state index in [1.807, 2.05) is 0 Å². The molecule has 64 valence electrons. The number of carbonyl (C=O) groups excluding carboxylic acids is 4. The summed E-state index contributed by atoms with van der Waals surface area (Å²) in [7, 11) is 0. The van der Waals surface area contributed by atoms with Gasteiger partial charge in [0.15, 0.2) is 0 Å². The first-order valence-electron chi connectivity index (χ1n) is 2.72. The summed E-state index contributed by atoms with van der Waals surface area (Å²) in [5.74, 6) is -4.46. The van der Waals surface area contributed by atoms with Gasteiger partial charge in [-0.05, 0) is 0 Å². The number of hydrogen-bond donors (Lipinski definition) is 0. The topological polar surface area (TPSA) is 77.5 Å². The van der Waals surface area contributed by atoms with Crippen molar-refractivity contribution < 1.29 is 85.9 Å². The van der Waals surface area contributed by atoms with Crippen LogP contribution in [0.3, 0.4) is 0 Å². The third kappa shape index (κ3) is 8.80. The van der Waals surface area contributed by atoms with Gasteiger partial charge in [-0.1, -0.05) is 0 Å². The molecule has 0 saturated carbocycles. The molecule has 0 bridgehead atoms. The van der Waals surface area contributed by atoms with Gasteiger partial charge >= 0.3 is 71.1 Å². The van der Waals surface area contributed by atoms with Crippen molar-refractivity contribution in [1.82, 2.24) is 0 Å². The normalized spacial score (nSPS) is 7.23. The maximum atomic E-state index is 10.3. The molecule has 0 aliphatic heterocycles. The largest absolute Gasteiger partial charge is 1.00 e. The average Bonchev–Trinajstić information content (AvgIpc) is 1.87. The number of hydrogen-bond acceptors (Lipinski definition) is 5. The molecule has 7 heteroatoms. The molecule has 0 aromatic carbocycles. The van der Waals surface area contributed by atoms with E-state index in [1.54, 1.807) is 0 Å². The van der Waals surface area contributed by atoms with Crippen molar-refractivity contribution in [2.24, 2.45) is 0 Å². The van der Waals surface area contributed by atoms with Gasteiger partial charge in [0.05, 0.1) is 0 Å². The summed E-state index contributed by atoms with van der Waals surface area (Å²) in [5.41, 5.74) is 0. The van der Waals surface area contributed by atoms with Crippen LogP contribution >= 0.6 is 0 Å². The van der Waals surface area contributed by atoms with Crippen molar-refractivity contribution in [3.05, 3.63) is 0 Å². The first-order chi connectivity index (χ1) is 4.95. The van der Waals surface area contributed by atoms with Gasteiger partial charge < -0.3 is 7.59 Å². The summed E-state index contributed by atoms with van der Waals surface area (Å²) in [4.78, 5) is 41.0. The average molecular weight is 206 g/mol. The van der Waals surface area contributed by atoms with Crippen LogP contribution in [0.25, 0.3) is 0 Å². The molecular weight excluding hydrogens is 198 g/mol. The van der Waals surface area contributed by atoms with Crippen molar-refractivity contribution >= 4 is 23.5 Å². The van der Waals surface area contributed by atoms with Gasteiger partial charge in [0, 0.05) is 13.8 Å². The molecule has 0 saturated heterocycles. The standard InChI is InChI=1S/C6H6O5.2Na.2H/c1-3(7)5(9)11-6(10)4(2)8;;;;/h1-2H3;;;;/q;2*+1;2*-1. The molecule has 0 amide bonds. The van der Waals surface area contributed by atoms with Gasteiger partial charge in [-0.3, -0.25) is 9.59 Å². The predicted molar refractivity (Wildman–Crippen MR) is 34.7 cm³/mol. The molecule has 0 spiro atoms. The molecule has 0 atom stereocenters. The van der Waals surface area contributed by atoms with Crippen molar-refractivity contribution in [1.29, 1.82) is 0 Å². The van der Waals surface area contributed by atoms with E-state index in [0.29, 0.717) is 0 Å². The fraction of sp³-hybridized carbons (Fsp3) is 0.333. The minimum atomic E-state index is -1.31.